The van der Waals surface area contributed by atoms with Gasteiger partial charge in [0.2, 0.25) is 11.7 Å². The molecule has 2 aliphatic rings. The van der Waals surface area contributed by atoms with Crippen LogP contribution in [0.5, 0.6) is 0 Å². The molecular weight excluding hydrogens is 377 g/mol. The van der Waals surface area contributed by atoms with E-state index in [2.05, 4.69) is 15.1 Å². The highest BCUT2D eigenvalue weighted by Crippen LogP contribution is 2.45. The molecule has 28 heavy (non-hydrogen) atoms. The summed E-state index contributed by atoms with van der Waals surface area (Å²) in [5.41, 5.74) is 5.20. The van der Waals surface area contributed by atoms with Gasteiger partial charge in [0.05, 0.1) is 35.1 Å². The zero-order valence-corrected chi connectivity index (χ0v) is 14.3. The Balaban J connectivity index is 1.77. The number of rotatable bonds is 2. The van der Waals surface area contributed by atoms with Gasteiger partial charge >= 0.3 is 6.18 Å². The molecule has 4 heterocycles. The third kappa shape index (κ3) is 2.22. The van der Waals surface area contributed by atoms with Crippen LogP contribution in [0.1, 0.15) is 40.0 Å². The first-order valence-electron chi connectivity index (χ1n) is 8.52. The maximum atomic E-state index is 13.6. The number of aromatic nitrogens is 4. The predicted molar refractivity (Wildman–Crippen MR) is 88.1 cm³/mol. The van der Waals surface area contributed by atoms with Crippen LogP contribution >= 0.6 is 0 Å². The van der Waals surface area contributed by atoms with E-state index in [4.69, 9.17) is 10.3 Å². The van der Waals surface area contributed by atoms with Gasteiger partial charge in [-0.3, -0.25) is 9.36 Å². The second-order valence-electron chi connectivity index (χ2n) is 6.56. The van der Waals surface area contributed by atoms with Crippen LogP contribution in [0, 0.1) is 0 Å². The summed E-state index contributed by atoms with van der Waals surface area (Å²) in [6.07, 6.45) is -2.67. The smallest absolute Gasteiger partial charge is 0.338 e. The minimum absolute atomic E-state index is 0.0505. The number of hydrogen-bond acceptors (Lipinski definition) is 6. The van der Waals surface area contributed by atoms with Gasteiger partial charge in [0, 0.05) is 6.54 Å². The molecule has 0 radical (unpaired) electrons. The number of hydrogen-bond donors (Lipinski definition) is 1. The molecule has 1 saturated heterocycles. The van der Waals surface area contributed by atoms with Crippen LogP contribution in [-0.2, 0) is 12.7 Å². The first-order chi connectivity index (χ1) is 13.4. The van der Waals surface area contributed by atoms with Gasteiger partial charge in [0.1, 0.15) is 12.0 Å². The number of imidazole rings is 1. The number of alkyl halides is 3. The van der Waals surface area contributed by atoms with E-state index in [1.165, 1.54) is 27.9 Å². The molecule has 1 fully saturated rings. The fourth-order valence-corrected chi connectivity index (χ4v) is 3.73. The van der Waals surface area contributed by atoms with Crippen LogP contribution in [0.2, 0.25) is 0 Å². The molecule has 11 heteroatoms. The summed E-state index contributed by atoms with van der Waals surface area (Å²) in [6.45, 7) is 0.412. The number of carbonyl (C=O) groups is 1. The van der Waals surface area contributed by atoms with Gasteiger partial charge < -0.3 is 15.2 Å². The molecule has 0 bridgehead atoms. The molecule has 0 spiro atoms. The summed E-state index contributed by atoms with van der Waals surface area (Å²) >= 11 is 0. The number of benzene rings is 1. The monoisotopic (exact) mass is 390 g/mol. The quantitative estimate of drug-likeness (QED) is 0.720. The molecule has 5 rings (SSSR count). The van der Waals surface area contributed by atoms with Gasteiger partial charge in [-0.05, 0) is 18.6 Å². The lowest BCUT2D eigenvalue weighted by molar-refractivity contribution is -0.138. The molecule has 3 aromatic rings. The molecular formula is C17H13F3N6O2. The number of amides is 1. The van der Waals surface area contributed by atoms with Gasteiger partial charge in [-0.2, -0.15) is 18.2 Å². The molecule has 0 unspecified atom stereocenters. The van der Waals surface area contributed by atoms with E-state index in [1.54, 1.807) is 0 Å². The topological polar surface area (TPSA) is 103 Å². The van der Waals surface area contributed by atoms with Crippen molar-refractivity contribution in [1.29, 1.82) is 0 Å². The van der Waals surface area contributed by atoms with Crippen molar-refractivity contribution in [2.75, 3.05) is 6.54 Å². The van der Waals surface area contributed by atoms with E-state index in [1.807, 2.05) is 0 Å². The third-order valence-electron chi connectivity index (χ3n) is 5.08. The molecule has 1 atom stereocenters. The van der Waals surface area contributed by atoms with Gasteiger partial charge in [0.25, 0.3) is 5.91 Å². The summed E-state index contributed by atoms with van der Waals surface area (Å²) in [4.78, 5) is 22.8. The molecule has 2 aromatic heterocycles. The van der Waals surface area contributed by atoms with Crippen molar-refractivity contribution in [1.82, 2.24) is 24.6 Å². The van der Waals surface area contributed by atoms with Crippen molar-refractivity contribution in [3.63, 3.8) is 0 Å². The van der Waals surface area contributed by atoms with Gasteiger partial charge in [-0.15, -0.1) is 0 Å². The van der Waals surface area contributed by atoms with Crippen molar-refractivity contribution >= 4 is 5.91 Å². The summed E-state index contributed by atoms with van der Waals surface area (Å²) in [5, 5.41) is 3.86. The molecule has 2 aliphatic heterocycles. The van der Waals surface area contributed by atoms with E-state index in [-0.39, 0.29) is 29.5 Å². The van der Waals surface area contributed by atoms with Crippen molar-refractivity contribution in [2.24, 2.45) is 5.73 Å². The minimum atomic E-state index is -4.65. The van der Waals surface area contributed by atoms with Crippen LogP contribution in [-0.4, -0.2) is 37.0 Å². The number of nitrogens with zero attached hydrogens (tertiary/aromatic N) is 5. The largest absolute Gasteiger partial charge is 0.417 e. The summed E-state index contributed by atoms with van der Waals surface area (Å²) in [5.74, 6) is -0.250. The zero-order valence-electron chi connectivity index (χ0n) is 14.3. The molecule has 1 amide bonds. The number of fused-ring (bicyclic) bond motifs is 5. The lowest BCUT2D eigenvalue weighted by Gasteiger charge is -2.40. The minimum Gasteiger partial charge on any atom is -0.338 e. The lowest BCUT2D eigenvalue weighted by atomic mass is 9.96. The van der Waals surface area contributed by atoms with Crippen LogP contribution in [0.4, 0.5) is 13.2 Å². The zero-order chi connectivity index (χ0) is 19.6. The normalized spacial score (nSPS) is 18.2. The highest BCUT2D eigenvalue weighted by molar-refractivity contribution is 6.01. The van der Waals surface area contributed by atoms with Crippen molar-refractivity contribution in [3.05, 3.63) is 47.2 Å². The Morgan fingerprint density at radius 2 is 2.14 bits per heavy atom. The van der Waals surface area contributed by atoms with Crippen LogP contribution in [0.25, 0.3) is 17.2 Å². The average molecular weight is 390 g/mol. The first-order valence-corrected chi connectivity index (χ1v) is 8.52. The maximum absolute atomic E-state index is 13.6. The SMILES string of the molecule is NCc1nc(-c2ncn3c2[C@@H]2CCN2C(=O)c2c-3cccc2C(F)(F)F)no1. The second kappa shape index (κ2) is 5.64. The van der Waals surface area contributed by atoms with E-state index in [0.29, 0.717) is 24.4 Å². The van der Waals surface area contributed by atoms with Crippen LogP contribution in [0.3, 0.4) is 0 Å². The maximum Gasteiger partial charge on any atom is 0.417 e. The predicted octanol–water partition coefficient (Wildman–Crippen LogP) is 2.30. The fraction of sp³-hybridized carbons (Fsp3) is 0.294. The number of carbonyl (C=O) groups excluding carboxylic acids is 1. The van der Waals surface area contributed by atoms with Gasteiger partial charge in [-0.25, -0.2) is 4.98 Å². The Morgan fingerprint density at radius 3 is 2.79 bits per heavy atom. The molecule has 8 nitrogen and oxygen atoms in total. The Labute approximate surface area is 155 Å². The van der Waals surface area contributed by atoms with Gasteiger partial charge in [0.15, 0.2) is 0 Å². The van der Waals surface area contributed by atoms with Gasteiger partial charge in [-0.1, -0.05) is 11.2 Å². The van der Waals surface area contributed by atoms with E-state index >= 15 is 0 Å². The molecule has 0 aliphatic carbocycles. The third-order valence-corrected chi connectivity index (χ3v) is 5.08. The molecule has 2 N–H and O–H groups in total. The van der Waals surface area contributed by atoms with Crippen molar-refractivity contribution in [2.45, 2.75) is 25.2 Å². The summed E-state index contributed by atoms with van der Waals surface area (Å²) in [6, 6.07) is 3.26. The standard InChI is InChI=1S/C17H13F3N6O2/c18-17(19,20)8-2-1-3-9-12(8)16(27)25-5-4-10(25)14-13(22-7-26(9)14)15-23-11(6-21)28-24-15/h1-3,7,10H,4-6,21H2/t10-/m0/s1. The Hall–Kier alpha value is -3.21. The van der Waals surface area contributed by atoms with Crippen LogP contribution < -0.4 is 5.73 Å². The highest BCUT2D eigenvalue weighted by atomic mass is 19.4. The average Bonchev–Trinajstić information content (AvgIpc) is 3.24. The Bertz CT molecular complexity index is 1100. The fourth-order valence-electron chi connectivity index (χ4n) is 3.73. The van der Waals surface area contributed by atoms with Crippen molar-refractivity contribution < 1.29 is 22.5 Å². The summed E-state index contributed by atoms with van der Waals surface area (Å²) in [7, 11) is 0. The summed E-state index contributed by atoms with van der Waals surface area (Å²) < 4.78 is 47.3. The Morgan fingerprint density at radius 1 is 1.32 bits per heavy atom. The first kappa shape index (κ1) is 16.9. The van der Waals surface area contributed by atoms with E-state index < -0.39 is 23.7 Å². The molecule has 144 valence electrons. The second-order valence-corrected chi connectivity index (χ2v) is 6.56. The van der Waals surface area contributed by atoms with Crippen molar-refractivity contribution in [3.8, 4) is 17.2 Å². The number of nitrogens with two attached hydrogens (primary N) is 1. The lowest BCUT2D eigenvalue weighted by Crippen LogP contribution is -2.45. The number of halogens is 3. The van der Waals surface area contributed by atoms with Crippen LogP contribution in [0.15, 0.2) is 29.0 Å². The van der Waals surface area contributed by atoms with E-state index in [9.17, 15) is 18.0 Å². The van der Waals surface area contributed by atoms with E-state index in [0.717, 1.165) is 6.07 Å². The molecule has 0 saturated carbocycles. The molecule has 1 aromatic carbocycles. The Kier molecular flexibility index (Phi) is 3.41. The highest BCUT2D eigenvalue weighted by Gasteiger charge is 2.46.